The van der Waals surface area contributed by atoms with Crippen LogP contribution >= 0.6 is 35.3 Å². The Morgan fingerprint density at radius 1 is 1.21 bits per heavy atom. The molecule has 2 fully saturated rings. The Morgan fingerprint density at radius 2 is 1.94 bits per heavy atom. The van der Waals surface area contributed by atoms with Crippen LogP contribution in [-0.2, 0) is 0 Å². The van der Waals surface area contributed by atoms with Gasteiger partial charge in [0.15, 0.2) is 10.7 Å². The van der Waals surface area contributed by atoms with Crippen molar-refractivity contribution in [3.05, 3.63) is 34.6 Å². The third-order valence-electron chi connectivity index (χ3n) is 6.78. The normalized spacial score (nSPS) is 21.8. The number of halogens is 2. The molecule has 0 radical (unpaired) electrons. The number of nitrogens with zero attached hydrogens (tertiary/aromatic N) is 5. The maximum Gasteiger partial charge on any atom is 0.282 e. The first-order valence-electron chi connectivity index (χ1n) is 11.1. The van der Waals surface area contributed by atoms with Gasteiger partial charge in [0.1, 0.15) is 11.3 Å². The first-order valence-corrected chi connectivity index (χ1v) is 12.3. The van der Waals surface area contributed by atoms with Crippen molar-refractivity contribution >= 4 is 68.5 Å². The van der Waals surface area contributed by atoms with Gasteiger partial charge in [0.25, 0.3) is 5.91 Å². The molecule has 0 spiro atoms. The van der Waals surface area contributed by atoms with Gasteiger partial charge in [-0.05, 0) is 31.7 Å². The Balaban J connectivity index is 0.00000241. The minimum atomic E-state index is -0.132. The van der Waals surface area contributed by atoms with E-state index in [1.165, 1.54) is 16.2 Å². The monoisotopic (exact) mass is 517 g/mol. The molecule has 2 atom stereocenters. The number of thiazole rings is 1. The van der Waals surface area contributed by atoms with Crippen LogP contribution in [0.5, 0.6) is 0 Å². The topological polar surface area (TPSA) is 104 Å². The molecule has 2 aliphatic heterocycles. The fourth-order valence-corrected chi connectivity index (χ4v) is 6.66. The average molecular weight is 518 g/mol. The molecule has 11 heteroatoms. The number of hydrogen-bond donors (Lipinski definition) is 2. The predicted molar refractivity (Wildman–Crippen MR) is 139 cm³/mol. The summed E-state index contributed by atoms with van der Waals surface area (Å²) in [4.78, 5) is 33.7. The molecule has 1 aromatic carbocycles. The lowest BCUT2D eigenvalue weighted by molar-refractivity contribution is 0.0827. The second-order valence-electron chi connectivity index (χ2n) is 9.15. The van der Waals surface area contributed by atoms with Crippen LogP contribution < -0.4 is 10.6 Å². The number of rotatable bonds is 3. The standard InChI is InChI=1S/C23H24ClN7OS.ClH/c1-30(2)23(32)22-28-16-6-5-14(18(24)20(16)33-22)15-9-27-21-19(15)26-10-17(29-21)31-12-3-4-13(31)8-11(25)7-12;/h5-6,9-13H,3-4,7-8,25H2,1-2H3,(H,27,29);1H. The predicted octanol–water partition coefficient (Wildman–Crippen LogP) is 4.47. The molecule has 5 heterocycles. The molecule has 0 aliphatic carbocycles. The summed E-state index contributed by atoms with van der Waals surface area (Å²) < 4.78 is 0.791. The summed E-state index contributed by atoms with van der Waals surface area (Å²) in [5.74, 6) is 0.776. The van der Waals surface area contributed by atoms with E-state index in [2.05, 4.69) is 14.9 Å². The Labute approximate surface area is 211 Å². The number of aromatic nitrogens is 4. The zero-order valence-electron chi connectivity index (χ0n) is 18.8. The van der Waals surface area contributed by atoms with Crippen molar-refractivity contribution in [1.29, 1.82) is 0 Å². The lowest BCUT2D eigenvalue weighted by atomic mass is 9.98. The molecule has 2 saturated heterocycles. The Kier molecular flexibility index (Phi) is 5.92. The number of anilines is 1. The van der Waals surface area contributed by atoms with Gasteiger partial charge in [-0.25, -0.2) is 15.0 Å². The molecule has 178 valence electrons. The highest BCUT2D eigenvalue weighted by molar-refractivity contribution is 7.21. The Bertz CT molecular complexity index is 1390. The molecule has 34 heavy (non-hydrogen) atoms. The number of fused-ring (bicyclic) bond motifs is 4. The Morgan fingerprint density at radius 3 is 2.65 bits per heavy atom. The fraction of sp³-hybridized carbons (Fsp3) is 0.391. The van der Waals surface area contributed by atoms with Crippen molar-refractivity contribution < 1.29 is 4.79 Å². The first kappa shape index (κ1) is 23.3. The molecule has 0 saturated carbocycles. The van der Waals surface area contributed by atoms with Crippen LogP contribution in [0.1, 0.15) is 35.5 Å². The highest BCUT2D eigenvalue weighted by atomic mass is 35.5. The van der Waals surface area contributed by atoms with Crippen molar-refractivity contribution in [1.82, 2.24) is 24.8 Å². The lowest BCUT2D eigenvalue weighted by Gasteiger charge is -2.38. The summed E-state index contributed by atoms with van der Waals surface area (Å²) in [6, 6.07) is 5.00. The van der Waals surface area contributed by atoms with Gasteiger partial charge in [0.05, 0.1) is 21.4 Å². The number of benzene rings is 1. The van der Waals surface area contributed by atoms with Gasteiger partial charge in [0.2, 0.25) is 0 Å². The van der Waals surface area contributed by atoms with Crippen LogP contribution in [0.15, 0.2) is 24.5 Å². The number of carbonyl (C=O) groups excluding carboxylic acids is 1. The summed E-state index contributed by atoms with van der Waals surface area (Å²) in [5.41, 5.74) is 10.2. The molecule has 2 aliphatic rings. The highest BCUT2D eigenvalue weighted by Crippen LogP contribution is 2.41. The number of hydrogen-bond acceptors (Lipinski definition) is 7. The van der Waals surface area contributed by atoms with E-state index in [-0.39, 0.29) is 24.4 Å². The molecule has 6 rings (SSSR count). The van der Waals surface area contributed by atoms with E-state index in [4.69, 9.17) is 27.3 Å². The maximum atomic E-state index is 12.3. The quantitative estimate of drug-likeness (QED) is 0.415. The second kappa shape index (κ2) is 8.64. The van der Waals surface area contributed by atoms with Crippen molar-refractivity contribution in [2.75, 3.05) is 19.0 Å². The number of carbonyl (C=O) groups is 1. The summed E-state index contributed by atoms with van der Waals surface area (Å²) in [5, 5.41) is 0.992. The van der Waals surface area contributed by atoms with Crippen LogP contribution in [-0.4, -0.2) is 63.0 Å². The van der Waals surface area contributed by atoms with Crippen LogP contribution in [0.4, 0.5) is 5.82 Å². The third kappa shape index (κ3) is 3.62. The zero-order valence-corrected chi connectivity index (χ0v) is 21.2. The molecule has 2 bridgehead atoms. The molecule has 1 amide bonds. The van der Waals surface area contributed by atoms with Gasteiger partial charge < -0.3 is 20.5 Å². The summed E-state index contributed by atoms with van der Waals surface area (Å²) >= 11 is 8.12. The van der Waals surface area contributed by atoms with E-state index in [1.807, 2.05) is 24.5 Å². The van der Waals surface area contributed by atoms with Gasteiger partial charge in [-0.3, -0.25) is 4.79 Å². The number of aromatic amines is 1. The van der Waals surface area contributed by atoms with E-state index in [0.717, 1.165) is 58.5 Å². The average Bonchev–Trinajstić information content (AvgIpc) is 3.48. The van der Waals surface area contributed by atoms with E-state index >= 15 is 0 Å². The SMILES string of the molecule is CN(C)C(=O)c1nc2ccc(-c3c[nH]c4nc(N5C6CCC5CC(N)C6)cnc34)c(Cl)c2s1.Cl. The number of amides is 1. The number of nitrogens with two attached hydrogens (primary N) is 1. The summed E-state index contributed by atoms with van der Waals surface area (Å²) in [7, 11) is 3.42. The number of nitrogens with one attached hydrogen (secondary N) is 1. The zero-order chi connectivity index (χ0) is 22.9. The molecule has 4 aromatic rings. The van der Waals surface area contributed by atoms with Crippen LogP contribution in [0.3, 0.4) is 0 Å². The minimum Gasteiger partial charge on any atom is -0.349 e. The van der Waals surface area contributed by atoms with Crippen LogP contribution in [0.25, 0.3) is 32.5 Å². The molecule has 8 nitrogen and oxygen atoms in total. The molecular weight excluding hydrogens is 493 g/mol. The van der Waals surface area contributed by atoms with Gasteiger partial charge >= 0.3 is 0 Å². The Hall–Kier alpha value is -2.46. The van der Waals surface area contributed by atoms with Gasteiger partial charge in [-0.15, -0.1) is 23.7 Å². The van der Waals surface area contributed by atoms with E-state index in [1.54, 1.807) is 14.1 Å². The van der Waals surface area contributed by atoms with Gasteiger partial charge in [-0.2, -0.15) is 0 Å². The van der Waals surface area contributed by atoms with Crippen molar-refractivity contribution in [3.8, 4) is 11.1 Å². The summed E-state index contributed by atoms with van der Waals surface area (Å²) in [6.45, 7) is 0. The third-order valence-corrected chi connectivity index (χ3v) is 8.36. The second-order valence-corrected chi connectivity index (χ2v) is 10.5. The van der Waals surface area contributed by atoms with Crippen LogP contribution in [0, 0.1) is 0 Å². The lowest BCUT2D eigenvalue weighted by Crippen LogP contribution is -2.47. The minimum absolute atomic E-state index is 0. The van der Waals surface area contributed by atoms with Gasteiger partial charge in [0, 0.05) is 49.5 Å². The molecule has 3 aromatic heterocycles. The van der Waals surface area contributed by atoms with Gasteiger partial charge in [-0.1, -0.05) is 17.7 Å². The van der Waals surface area contributed by atoms with Crippen LogP contribution in [0.2, 0.25) is 5.02 Å². The molecule has 3 N–H and O–H groups in total. The van der Waals surface area contributed by atoms with E-state index in [9.17, 15) is 4.79 Å². The maximum absolute atomic E-state index is 12.3. The number of H-pyrrole nitrogens is 1. The number of piperidine rings is 1. The molecule has 2 unspecified atom stereocenters. The highest BCUT2D eigenvalue weighted by Gasteiger charge is 2.40. The smallest absolute Gasteiger partial charge is 0.282 e. The van der Waals surface area contributed by atoms with Crippen molar-refractivity contribution in [3.63, 3.8) is 0 Å². The van der Waals surface area contributed by atoms with E-state index in [0.29, 0.717) is 27.6 Å². The first-order chi connectivity index (χ1) is 15.9. The fourth-order valence-electron chi connectivity index (χ4n) is 5.26. The largest absolute Gasteiger partial charge is 0.349 e. The van der Waals surface area contributed by atoms with Crippen molar-refractivity contribution in [2.45, 2.75) is 43.8 Å². The van der Waals surface area contributed by atoms with E-state index < -0.39 is 0 Å². The molecular formula is C23H25Cl2N7OS. The van der Waals surface area contributed by atoms with Crippen molar-refractivity contribution in [2.24, 2.45) is 5.73 Å². The summed E-state index contributed by atoms with van der Waals surface area (Å²) in [6.07, 6.45) is 8.11.